The summed E-state index contributed by atoms with van der Waals surface area (Å²) in [6.45, 7) is 2.62. The molecule has 3 aromatic rings. The van der Waals surface area contributed by atoms with Gasteiger partial charge >= 0.3 is 0 Å². The molecule has 0 N–H and O–H groups in total. The van der Waals surface area contributed by atoms with Gasteiger partial charge in [0, 0.05) is 5.56 Å². The van der Waals surface area contributed by atoms with Gasteiger partial charge in [0.25, 0.3) is 5.56 Å². The molecule has 0 radical (unpaired) electrons. The van der Waals surface area contributed by atoms with Crippen molar-refractivity contribution in [2.24, 2.45) is 0 Å². The second-order valence-electron chi connectivity index (χ2n) is 5.00. The molecule has 1 aliphatic heterocycles. The molecule has 3 nitrogen and oxygen atoms in total. The quantitative estimate of drug-likeness (QED) is 0.479. The first kappa shape index (κ1) is 10.5. The molecule has 0 spiro atoms. The molecule has 2 heterocycles. The molecule has 0 saturated carbocycles. The second-order valence-corrected chi connectivity index (χ2v) is 5.00. The molecule has 4 rings (SSSR count). The number of fused-ring (bicyclic) bond motifs is 4. The van der Waals surface area contributed by atoms with Gasteiger partial charge in [-0.05, 0) is 24.6 Å². The largest absolute Gasteiger partial charge is 0.288 e. The van der Waals surface area contributed by atoms with Crippen molar-refractivity contribution in [1.82, 2.24) is 9.55 Å². The molecule has 0 aliphatic carbocycles. The van der Waals surface area contributed by atoms with Gasteiger partial charge in [0.2, 0.25) is 0 Å². The van der Waals surface area contributed by atoms with Crippen molar-refractivity contribution in [3.63, 3.8) is 0 Å². The molecule has 2 aromatic carbocycles. The minimum Gasteiger partial charge on any atom is -0.288 e. The molecular formula is C16H12N2O. The fourth-order valence-corrected chi connectivity index (χ4v) is 2.73. The number of nitrogens with zero attached hydrogens (tertiary/aromatic N) is 2. The predicted molar refractivity (Wildman–Crippen MR) is 75.3 cm³/mol. The van der Waals surface area contributed by atoms with Gasteiger partial charge in [-0.25, -0.2) is 4.98 Å². The smallest absolute Gasteiger partial charge is 0.261 e. The standard InChI is InChI=1S/C16H12N2O/c1-10-6-7-14-13(8-10)16(19)18-9-11-4-2-3-5-12(11)15(18)17-14/h2-8H,9H2,1H3. The van der Waals surface area contributed by atoms with Crippen LogP contribution in [0.4, 0.5) is 0 Å². The van der Waals surface area contributed by atoms with Crippen molar-refractivity contribution in [1.29, 1.82) is 0 Å². The first-order valence-corrected chi connectivity index (χ1v) is 6.33. The van der Waals surface area contributed by atoms with Crippen molar-refractivity contribution in [3.8, 4) is 11.4 Å². The summed E-state index contributed by atoms with van der Waals surface area (Å²) in [5.74, 6) is 0.789. The molecule has 1 aliphatic rings. The Balaban J connectivity index is 2.14. The summed E-state index contributed by atoms with van der Waals surface area (Å²) >= 11 is 0. The average molecular weight is 248 g/mol. The molecule has 0 fully saturated rings. The van der Waals surface area contributed by atoms with Gasteiger partial charge in [-0.1, -0.05) is 35.9 Å². The van der Waals surface area contributed by atoms with E-state index in [1.807, 2.05) is 43.3 Å². The lowest BCUT2D eigenvalue weighted by Crippen LogP contribution is -2.20. The maximum absolute atomic E-state index is 12.6. The number of rotatable bonds is 0. The molecule has 1 aromatic heterocycles. The number of hydrogen-bond acceptors (Lipinski definition) is 2. The molecule has 3 heteroatoms. The summed E-state index contributed by atoms with van der Waals surface area (Å²) < 4.78 is 1.77. The third kappa shape index (κ3) is 1.38. The molecule has 19 heavy (non-hydrogen) atoms. The van der Waals surface area contributed by atoms with Crippen LogP contribution in [0.3, 0.4) is 0 Å². The Kier molecular flexibility index (Phi) is 1.96. The summed E-state index contributed by atoms with van der Waals surface area (Å²) in [5.41, 5.74) is 4.15. The fraction of sp³-hybridized carbons (Fsp3) is 0.125. The maximum atomic E-state index is 12.6. The SMILES string of the molecule is Cc1ccc2nc3n(c(=O)c2c1)Cc1ccccc1-3. The maximum Gasteiger partial charge on any atom is 0.261 e. The van der Waals surface area contributed by atoms with Crippen LogP contribution in [0.5, 0.6) is 0 Å². The van der Waals surface area contributed by atoms with E-state index in [-0.39, 0.29) is 5.56 Å². The monoisotopic (exact) mass is 248 g/mol. The van der Waals surface area contributed by atoms with E-state index in [2.05, 4.69) is 11.1 Å². The van der Waals surface area contributed by atoms with Crippen LogP contribution in [-0.2, 0) is 6.54 Å². The molecular weight excluding hydrogens is 236 g/mol. The van der Waals surface area contributed by atoms with Crippen molar-refractivity contribution in [2.75, 3.05) is 0 Å². The zero-order valence-corrected chi connectivity index (χ0v) is 10.6. The molecule has 92 valence electrons. The zero-order valence-electron chi connectivity index (χ0n) is 10.6. The number of benzene rings is 2. The minimum absolute atomic E-state index is 0.0555. The van der Waals surface area contributed by atoms with Gasteiger partial charge < -0.3 is 0 Å². The summed E-state index contributed by atoms with van der Waals surface area (Å²) in [6, 6.07) is 13.9. The topological polar surface area (TPSA) is 34.9 Å². The number of aryl methyl sites for hydroxylation is 1. The number of hydrogen-bond donors (Lipinski definition) is 0. The molecule has 0 saturated heterocycles. The molecule has 0 bridgehead atoms. The van der Waals surface area contributed by atoms with E-state index >= 15 is 0 Å². The third-order valence-corrected chi connectivity index (χ3v) is 3.70. The van der Waals surface area contributed by atoms with Gasteiger partial charge in [0.15, 0.2) is 0 Å². The van der Waals surface area contributed by atoms with E-state index in [9.17, 15) is 4.79 Å². The third-order valence-electron chi connectivity index (χ3n) is 3.70. The summed E-state index contributed by atoms with van der Waals surface area (Å²) in [6.07, 6.45) is 0. The second kappa shape index (κ2) is 3.54. The van der Waals surface area contributed by atoms with Crippen molar-refractivity contribution in [2.45, 2.75) is 13.5 Å². The summed E-state index contributed by atoms with van der Waals surface area (Å²) in [4.78, 5) is 17.2. The van der Waals surface area contributed by atoms with E-state index < -0.39 is 0 Å². The molecule has 0 unspecified atom stereocenters. The lowest BCUT2D eigenvalue weighted by Gasteiger charge is -2.05. The Bertz CT molecular complexity index is 878. The van der Waals surface area contributed by atoms with Crippen molar-refractivity contribution in [3.05, 3.63) is 63.9 Å². The van der Waals surface area contributed by atoms with E-state index in [1.54, 1.807) is 4.57 Å². The van der Waals surface area contributed by atoms with E-state index in [0.29, 0.717) is 11.9 Å². The van der Waals surface area contributed by atoms with E-state index in [1.165, 1.54) is 5.56 Å². The van der Waals surface area contributed by atoms with Gasteiger partial charge in [-0.15, -0.1) is 0 Å². The first-order valence-electron chi connectivity index (χ1n) is 6.33. The Morgan fingerprint density at radius 1 is 1.16 bits per heavy atom. The summed E-state index contributed by atoms with van der Waals surface area (Å²) in [7, 11) is 0. The number of aromatic nitrogens is 2. The highest BCUT2D eigenvalue weighted by Gasteiger charge is 2.21. The van der Waals surface area contributed by atoms with Gasteiger partial charge in [0.1, 0.15) is 5.82 Å². The van der Waals surface area contributed by atoms with Gasteiger partial charge in [0.05, 0.1) is 17.4 Å². The van der Waals surface area contributed by atoms with Gasteiger partial charge in [-0.2, -0.15) is 0 Å². The van der Waals surface area contributed by atoms with E-state index in [0.717, 1.165) is 22.5 Å². The van der Waals surface area contributed by atoms with Crippen molar-refractivity contribution < 1.29 is 0 Å². The average Bonchev–Trinajstić information content (AvgIpc) is 2.79. The Morgan fingerprint density at radius 2 is 2.00 bits per heavy atom. The normalized spacial score (nSPS) is 12.5. The van der Waals surface area contributed by atoms with Crippen LogP contribution in [0, 0.1) is 6.92 Å². The fourth-order valence-electron chi connectivity index (χ4n) is 2.73. The van der Waals surface area contributed by atoms with Crippen LogP contribution >= 0.6 is 0 Å². The van der Waals surface area contributed by atoms with Crippen LogP contribution in [-0.4, -0.2) is 9.55 Å². The van der Waals surface area contributed by atoms with Crippen LogP contribution in [0.1, 0.15) is 11.1 Å². The van der Waals surface area contributed by atoms with E-state index in [4.69, 9.17) is 0 Å². The lowest BCUT2D eigenvalue weighted by atomic mass is 10.1. The minimum atomic E-state index is 0.0555. The first-order chi connectivity index (χ1) is 9.24. The van der Waals surface area contributed by atoms with Crippen molar-refractivity contribution >= 4 is 10.9 Å². The predicted octanol–water partition coefficient (Wildman–Crippen LogP) is 2.73. The highest BCUT2D eigenvalue weighted by molar-refractivity contribution is 5.81. The lowest BCUT2D eigenvalue weighted by molar-refractivity contribution is 0.797. The summed E-state index contributed by atoms with van der Waals surface area (Å²) in [5, 5.41) is 0.705. The Labute approximate surface area is 110 Å². The van der Waals surface area contributed by atoms with Gasteiger partial charge in [-0.3, -0.25) is 9.36 Å². The highest BCUT2D eigenvalue weighted by Crippen LogP contribution is 2.29. The zero-order chi connectivity index (χ0) is 13.0. The van der Waals surface area contributed by atoms with Crippen LogP contribution in [0.2, 0.25) is 0 Å². The van der Waals surface area contributed by atoms with Crippen LogP contribution in [0.15, 0.2) is 47.3 Å². The molecule has 0 atom stereocenters. The van der Waals surface area contributed by atoms with Crippen LogP contribution < -0.4 is 5.56 Å². The van der Waals surface area contributed by atoms with Crippen LogP contribution in [0.25, 0.3) is 22.3 Å². The Morgan fingerprint density at radius 3 is 2.89 bits per heavy atom. The highest BCUT2D eigenvalue weighted by atomic mass is 16.1. The Hall–Kier alpha value is -2.42. The molecule has 0 amide bonds.